The molecule has 0 saturated carbocycles. The number of nitrogens with zero attached hydrogens (tertiary/aromatic N) is 4. The molecule has 0 N–H and O–H groups in total. The van der Waals surface area contributed by atoms with Gasteiger partial charge < -0.3 is 14.0 Å². The maximum absolute atomic E-state index is 6.00. The summed E-state index contributed by atoms with van der Waals surface area (Å²) in [4.78, 5) is 4.34. The van der Waals surface area contributed by atoms with Crippen molar-refractivity contribution in [3.05, 3.63) is 47.4 Å². The van der Waals surface area contributed by atoms with Crippen LogP contribution in [0.1, 0.15) is 37.0 Å². The fraction of sp³-hybridized carbons (Fsp3) is 0.389. The van der Waals surface area contributed by atoms with E-state index in [2.05, 4.69) is 15.2 Å². The minimum absolute atomic E-state index is 0.0372. The zero-order valence-corrected chi connectivity index (χ0v) is 14.3. The van der Waals surface area contributed by atoms with Crippen LogP contribution in [0.5, 0.6) is 5.75 Å². The third-order valence-electron chi connectivity index (χ3n) is 4.20. The van der Waals surface area contributed by atoms with Gasteiger partial charge in [-0.3, -0.25) is 4.68 Å². The van der Waals surface area contributed by atoms with Crippen molar-refractivity contribution in [1.82, 2.24) is 19.9 Å². The fourth-order valence-corrected chi connectivity index (χ4v) is 2.88. The number of hydrogen-bond donors (Lipinski definition) is 0. The monoisotopic (exact) mass is 340 g/mol. The molecule has 7 heteroatoms. The van der Waals surface area contributed by atoms with E-state index in [0.717, 1.165) is 23.4 Å². The molecular weight excluding hydrogens is 320 g/mol. The quantitative estimate of drug-likeness (QED) is 0.710. The van der Waals surface area contributed by atoms with Crippen molar-refractivity contribution < 1.29 is 14.0 Å². The molecule has 3 aromatic rings. The lowest BCUT2D eigenvalue weighted by Crippen LogP contribution is -2.21. The number of hydrogen-bond acceptors (Lipinski definition) is 6. The first-order valence-corrected chi connectivity index (χ1v) is 8.51. The van der Waals surface area contributed by atoms with Crippen molar-refractivity contribution in [2.45, 2.75) is 39.5 Å². The molecule has 0 aliphatic carbocycles. The van der Waals surface area contributed by atoms with Gasteiger partial charge in [0.2, 0.25) is 0 Å². The standard InChI is InChI=1S/C18H20N4O3/c1-3-17-19-18(25-21-17)15-9-13-11-24-16(10-22(13)20-15)12-5-7-14(8-6-12)23-4-2/h5-9,16H,3-4,10-11H2,1-2H3. The van der Waals surface area contributed by atoms with Gasteiger partial charge in [-0.25, -0.2) is 0 Å². The first-order chi connectivity index (χ1) is 12.3. The molecule has 3 heterocycles. The minimum Gasteiger partial charge on any atom is -0.494 e. The van der Waals surface area contributed by atoms with Crippen LogP contribution in [0.25, 0.3) is 11.6 Å². The van der Waals surface area contributed by atoms with Crippen LogP contribution < -0.4 is 4.74 Å². The summed E-state index contributed by atoms with van der Waals surface area (Å²) in [6.07, 6.45) is 0.699. The molecule has 0 bridgehead atoms. The number of aryl methyl sites for hydroxylation is 1. The van der Waals surface area contributed by atoms with Crippen molar-refractivity contribution in [3.8, 4) is 17.3 Å². The highest BCUT2D eigenvalue weighted by molar-refractivity contribution is 5.47. The Balaban J connectivity index is 1.53. The molecular formula is C18H20N4O3. The first-order valence-electron chi connectivity index (χ1n) is 8.51. The Morgan fingerprint density at radius 3 is 2.80 bits per heavy atom. The van der Waals surface area contributed by atoms with E-state index >= 15 is 0 Å². The average molecular weight is 340 g/mol. The molecule has 2 aromatic heterocycles. The van der Waals surface area contributed by atoms with Gasteiger partial charge in [0.15, 0.2) is 11.5 Å². The van der Waals surface area contributed by atoms with Crippen LogP contribution in [-0.2, 0) is 24.3 Å². The lowest BCUT2D eigenvalue weighted by Gasteiger charge is -2.24. The highest BCUT2D eigenvalue weighted by Gasteiger charge is 2.24. The maximum atomic E-state index is 6.00. The molecule has 1 unspecified atom stereocenters. The van der Waals surface area contributed by atoms with Gasteiger partial charge in [-0.15, -0.1) is 0 Å². The van der Waals surface area contributed by atoms with Gasteiger partial charge in [0, 0.05) is 6.42 Å². The summed E-state index contributed by atoms with van der Waals surface area (Å²) in [5.41, 5.74) is 2.81. The number of benzene rings is 1. The summed E-state index contributed by atoms with van der Waals surface area (Å²) in [5.74, 6) is 2.01. The van der Waals surface area contributed by atoms with E-state index < -0.39 is 0 Å². The van der Waals surface area contributed by atoms with Gasteiger partial charge in [0.1, 0.15) is 11.9 Å². The topological polar surface area (TPSA) is 75.2 Å². The summed E-state index contributed by atoms with van der Waals surface area (Å²) >= 11 is 0. The molecule has 1 aliphatic rings. The van der Waals surface area contributed by atoms with Crippen LogP contribution in [0.2, 0.25) is 0 Å². The van der Waals surface area contributed by atoms with Crippen LogP contribution in [0.4, 0.5) is 0 Å². The molecule has 130 valence electrons. The Labute approximate surface area is 145 Å². The normalized spacial score (nSPS) is 16.6. The Morgan fingerprint density at radius 1 is 1.24 bits per heavy atom. The summed E-state index contributed by atoms with van der Waals surface area (Å²) in [6.45, 7) is 5.77. The van der Waals surface area contributed by atoms with Crippen molar-refractivity contribution in [3.63, 3.8) is 0 Å². The molecule has 0 fully saturated rings. The van der Waals surface area contributed by atoms with Crippen LogP contribution in [0.15, 0.2) is 34.9 Å². The zero-order valence-electron chi connectivity index (χ0n) is 14.3. The SMILES string of the molecule is CCOc1ccc(C2Cn3nc(-c4nc(CC)no4)cc3CO2)cc1. The van der Waals surface area contributed by atoms with Crippen LogP contribution in [0.3, 0.4) is 0 Å². The molecule has 0 amide bonds. The highest BCUT2D eigenvalue weighted by atomic mass is 16.5. The second-order valence-corrected chi connectivity index (χ2v) is 5.87. The van der Waals surface area contributed by atoms with Gasteiger partial charge in [-0.2, -0.15) is 10.1 Å². The van der Waals surface area contributed by atoms with Crippen molar-refractivity contribution >= 4 is 0 Å². The number of fused-ring (bicyclic) bond motifs is 1. The molecule has 25 heavy (non-hydrogen) atoms. The largest absolute Gasteiger partial charge is 0.494 e. The van der Waals surface area contributed by atoms with E-state index in [0.29, 0.717) is 37.2 Å². The Morgan fingerprint density at radius 2 is 2.08 bits per heavy atom. The van der Waals surface area contributed by atoms with E-state index in [4.69, 9.17) is 14.0 Å². The number of rotatable bonds is 5. The van der Waals surface area contributed by atoms with Crippen molar-refractivity contribution in [1.29, 1.82) is 0 Å². The van der Waals surface area contributed by atoms with Gasteiger partial charge in [0.25, 0.3) is 5.89 Å². The number of ether oxygens (including phenoxy) is 2. The summed E-state index contributed by atoms with van der Waals surface area (Å²) < 4.78 is 18.7. The maximum Gasteiger partial charge on any atom is 0.278 e. The van der Waals surface area contributed by atoms with E-state index in [1.54, 1.807) is 0 Å². The molecule has 1 atom stereocenters. The lowest BCUT2D eigenvalue weighted by atomic mass is 10.1. The summed E-state index contributed by atoms with van der Waals surface area (Å²) in [7, 11) is 0. The summed E-state index contributed by atoms with van der Waals surface area (Å²) in [5, 5.41) is 8.53. The average Bonchev–Trinajstić information content (AvgIpc) is 3.28. The van der Waals surface area contributed by atoms with Gasteiger partial charge in [0.05, 0.1) is 25.5 Å². The molecule has 4 rings (SSSR count). The zero-order chi connectivity index (χ0) is 17.2. The van der Waals surface area contributed by atoms with Crippen LogP contribution in [0, 0.1) is 0 Å². The highest BCUT2D eigenvalue weighted by Crippen LogP contribution is 2.29. The predicted octanol–water partition coefficient (Wildman–Crippen LogP) is 3.17. The lowest BCUT2D eigenvalue weighted by molar-refractivity contribution is -0.00115. The third kappa shape index (κ3) is 3.15. The van der Waals surface area contributed by atoms with Crippen molar-refractivity contribution in [2.24, 2.45) is 0 Å². The molecule has 0 saturated heterocycles. The van der Waals surface area contributed by atoms with E-state index in [9.17, 15) is 0 Å². The van der Waals surface area contributed by atoms with E-state index in [1.807, 2.05) is 48.9 Å². The Kier molecular flexibility index (Phi) is 4.23. The third-order valence-corrected chi connectivity index (χ3v) is 4.20. The van der Waals surface area contributed by atoms with E-state index in [-0.39, 0.29) is 6.10 Å². The Hall–Kier alpha value is -2.67. The number of aromatic nitrogens is 4. The van der Waals surface area contributed by atoms with E-state index in [1.165, 1.54) is 0 Å². The summed E-state index contributed by atoms with van der Waals surface area (Å²) in [6, 6.07) is 9.96. The molecule has 1 aromatic carbocycles. The van der Waals surface area contributed by atoms with Crippen LogP contribution in [-0.4, -0.2) is 26.5 Å². The molecule has 7 nitrogen and oxygen atoms in total. The molecule has 1 aliphatic heterocycles. The first kappa shape index (κ1) is 15.8. The molecule has 0 spiro atoms. The minimum atomic E-state index is -0.0372. The fourth-order valence-electron chi connectivity index (χ4n) is 2.88. The van der Waals surface area contributed by atoms with Gasteiger partial charge in [-0.05, 0) is 30.7 Å². The Bertz CT molecular complexity index is 854. The van der Waals surface area contributed by atoms with Crippen molar-refractivity contribution in [2.75, 3.05) is 6.61 Å². The van der Waals surface area contributed by atoms with Gasteiger partial charge >= 0.3 is 0 Å². The van der Waals surface area contributed by atoms with Crippen LogP contribution >= 0.6 is 0 Å². The molecule has 0 radical (unpaired) electrons. The second kappa shape index (κ2) is 6.68. The second-order valence-electron chi connectivity index (χ2n) is 5.87. The predicted molar refractivity (Wildman–Crippen MR) is 90.0 cm³/mol. The smallest absolute Gasteiger partial charge is 0.278 e. The van der Waals surface area contributed by atoms with Gasteiger partial charge in [-0.1, -0.05) is 24.2 Å².